The van der Waals surface area contributed by atoms with Crippen molar-refractivity contribution in [3.05, 3.63) is 0 Å². The van der Waals surface area contributed by atoms with Gasteiger partial charge in [0, 0.05) is 25.2 Å². The van der Waals surface area contributed by atoms with Crippen molar-refractivity contribution >= 4 is 0 Å². The standard InChI is InChI=1S/C16H32N2/c1-4-14-7-8-16(17)15(9-14)11-18-10-12(2)5-6-13(18)3/h12-16H,4-11,17H2,1-3H3. The fraction of sp³-hybridized carbons (Fsp3) is 1.00. The van der Waals surface area contributed by atoms with Gasteiger partial charge in [-0.05, 0) is 56.8 Å². The first kappa shape index (κ1) is 14.3. The Morgan fingerprint density at radius 1 is 1.11 bits per heavy atom. The predicted molar refractivity (Wildman–Crippen MR) is 78.5 cm³/mol. The smallest absolute Gasteiger partial charge is 0.00795 e. The van der Waals surface area contributed by atoms with Gasteiger partial charge in [0.1, 0.15) is 0 Å². The van der Waals surface area contributed by atoms with Crippen molar-refractivity contribution in [1.82, 2.24) is 4.90 Å². The zero-order valence-electron chi connectivity index (χ0n) is 12.6. The largest absolute Gasteiger partial charge is 0.327 e. The molecular formula is C16H32N2. The average Bonchev–Trinajstić information content (AvgIpc) is 2.36. The van der Waals surface area contributed by atoms with Crippen LogP contribution in [0.15, 0.2) is 0 Å². The van der Waals surface area contributed by atoms with E-state index in [0.29, 0.717) is 6.04 Å². The van der Waals surface area contributed by atoms with Crippen LogP contribution in [0, 0.1) is 17.8 Å². The molecule has 0 amide bonds. The van der Waals surface area contributed by atoms with Crippen LogP contribution in [0.3, 0.4) is 0 Å². The molecule has 2 rings (SSSR count). The molecule has 0 radical (unpaired) electrons. The Morgan fingerprint density at radius 2 is 1.89 bits per heavy atom. The third-order valence-corrected chi connectivity index (χ3v) is 5.44. The van der Waals surface area contributed by atoms with Gasteiger partial charge in [-0.1, -0.05) is 20.3 Å². The van der Waals surface area contributed by atoms with Crippen LogP contribution >= 0.6 is 0 Å². The summed E-state index contributed by atoms with van der Waals surface area (Å²) in [5.74, 6) is 2.56. The molecule has 0 aromatic carbocycles. The van der Waals surface area contributed by atoms with E-state index in [-0.39, 0.29) is 0 Å². The van der Waals surface area contributed by atoms with E-state index in [9.17, 15) is 0 Å². The Bertz CT molecular complexity index is 253. The van der Waals surface area contributed by atoms with Crippen LogP contribution in [0.1, 0.15) is 59.3 Å². The molecule has 0 spiro atoms. The third kappa shape index (κ3) is 3.48. The van der Waals surface area contributed by atoms with Gasteiger partial charge in [-0.25, -0.2) is 0 Å². The van der Waals surface area contributed by atoms with Crippen LogP contribution in [-0.2, 0) is 0 Å². The summed E-state index contributed by atoms with van der Waals surface area (Å²) in [7, 11) is 0. The average molecular weight is 252 g/mol. The van der Waals surface area contributed by atoms with Gasteiger partial charge in [-0.2, -0.15) is 0 Å². The Kier molecular flexibility index (Phi) is 5.08. The van der Waals surface area contributed by atoms with Gasteiger partial charge in [0.25, 0.3) is 0 Å². The fourth-order valence-corrected chi connectivity index (χ4v) is 3.90. The third-order valence-electron chi connectivity index (χ3n) is 5.44. The maximum Gasteiger partial charge on any atom is 0.00795 e. The van der Waals surface area contributed by atoms with Crippen LogP contribution in [-0.4, -0.2) is 30.1 Å². The Hall–Kier alpha value is -0.0800. The van der Waals surface area contributed by atoms with Crippen LogP contribution in [0.4, 0.5) is 0 Å². The van der Waals surface area contributed by atoms with E-state index in [1.807, 2.05) is 0 Å². The van der Waals surface area contributed by atoms with E-state index in [1.54, 1.807) is 0 Å². The Morgan fingerprint density at radius 3 is 2.61 bits per heavy atom. The molecule has 2 heteroatoms. The molecule has 106 valence electrons. The van der Waals surface area contributed by atoms with Crippen LogP contribution < -0.4 is 5.73 Å². The molecule has 1 heterocycles. The topological polar surface area (TPSA) is 29.3 Å². The van der Waals surface area contributed by atoms with Gasteiger partial charge in [-0.15, -0.1) is 0 Å². The van der Waals surface area contributed by atoms with E-state index in [0.717, 1.165) is 23.8 Å². The summed E-state index contributed by atoms with van der Waals surface area (Å²) in [5, 5.41) is 0. The first-order valence-electron chi connectivity index (χ1n) is 8.09. The highest BCUT2D eigenvalue weighted by Crippen LogP contribution is 2.32. The van der Waals surface area contributed by atoms with Gasteiger partial charge < -0.3 is 10.6 Å². The van der Waals surface area contributed by atoms with Gasteiger partial charge in [0.15, 0.2) is 0 Å². The van der Waals surface area contributed by atoms with Crippen molar-refractivity contribution in [1.29, 1.82) is 0 Å². The van der Waals surface area contributed by atoms with Gasteiger partial charge in [-0.3, -0.25) is 0 Å². The van der Waals surface area contributed by atoms with Crippen molar-refractivity contribution in [3.63, 3.8) is 0 Å². The summed E-state index contributed by atoms with van der Waals surface area (Å²) in [6.45, 7) is 9.68. The molecule has 5 atom stereocenters. The second kappa shape index (κ2) is 6.38. The maximum atomic E-state index is 6.37. The summed E-state index contributed by atoms with van der Waals surface area (Å²) in [6.07, 6.45) is 8.11. The number of piperidine rings is 1. The Labute approximate surface area is 113 Å². The molecule has 1 aliphatic heterocycles. The molecule has 5 unspecified atom stereocenters. The highest BCUT2D eigenvalue weighted by molar-refractivity contribution is 4.87. The monoisotopic (exact) mass is 252 g/mol. The van der Waals surface area contributed by atoms with E-state index < -0.39 is 0 Å². The summed E-state index contributed by atoms with van der Waals surface area (Å²) in [5.41, 5.74) is 6.37. The molecular weight excluding hydrogens is 220 g/mol. The lowest BCUT2D eigenvalue weighted by Crippen LogP contribution is -2.48. The quantitative estimate of drug-likeness (QED) is 0.835. The molecule has 0 bridgehead atoms. The van der Waals surface area contributed by atoms with Gasteiger partial charge in [0.05, 0.1) is 0 Å². The van der Waals surface area contributed by atoms with Crippen LogP contribution in [0.2, 0.25) is 0 Å². The van der Waals surface area contributed by atoms with Crippen molar-refractivity contribution in [2.75, 3.05) is 13.1 Å². The number of rotatable bonds is 3. The maximum absolute atomic E-state index is 6.37. The van der Waals surface area contributed by atoms with Crippen molar-refractivity contribution < 1.29 is 0 Å². The highest BCUT2D eigenvalue weighted by atomic mass is 15.2. The molecule has 1 saturated carbocycles. The molecule has 0 aromatic rings. The van der Waals surface area contributed by atoms with Crippen molar-refractivity contribution in [2.24, 2.45) is 23.5 Å². The second-order valence-corrected chi connectivity index (χ2v) is 7.00. The zero-order valence-corrected chi connectivity index (χ0v) is 12.6. The minimum atomic E-state index is 0.456. The number of hydrogen-bond acceptors (Lipinski definition) is 2. The van der Waals surface area contributed by atoms with E-state index >= 15 is 0 Å². The summed E-state index contributed by atoms with van der Waals surface area (Å²) < 4.78 is 0. The second-order valence-electron chi connectivity index (χ2n) is 7.00. The number of likely N-dealkylation sites (tertiary alicyclic amines) is 1. The fourth-order valence-electron chi connectivity index (χ4n) is 3.90. The minimum absolute atomic E-state index is 0.456. The molecule has 1 saturated heterocycles. The molecule has 2 aliphatic rings. The molecule has 1 aliphatic carbocycles. The lowest BCUT2D eigenvalue weighted by molar-refractivity contribution is 0.0798. The molecule has 0 aromatic heterocycles. The number of hydrogen-bond donors (Lipinski definition) is 1. The number of nitrogens with zero attached hydrogens (tertiary/aromatic N) is 1. The predicted octanol–water partition coefficient (Wildman–Crippen LogP) is 3.26. The Balaban J connectivity index is 1.89. The summed E-state index contributed by atoms with van der Waals surface area (Å²) >= 11 is 0. The number of nitrogens with two attached hydrogens (primary N) is 1. The zero-order chi connectivity index (χ0) is 13.1. The molecule has 2 nitrogen and oxygen atoms in total. The first-order valence-corrected chi connectivity index (χ1v) is 8.09. The summed E-state index contributed by atoms with van der Waals surface area (Å²) in [6, 6.07) is 1.23. The summed E-state index contributed by atoms with van der Waals surface area (Å²) in [4.78, 5) is 2.72. The van der Waals surface area contributed by atoms with Crippen LogP contribution in [0.5, 0.6) is 0 Å². The van der Waals surface area contributed by atoms with Crippen molar-refractivity contribution in [3.8, 4) is 0 Å². The van der Waals surface area contributed by atoms with E-state index in [2.05, 4.69) is 25.7 Å². The van der Waals surface area contributed by atoms with Crippen molar-refractivity contribution in [2.45, 2.75) is 71.4 Å². The van der Waals surface area contributed by atoms with Gasteiger partial charge >= 0.3 is 0 Å². The normalized spacial score (nSPS) is 43.0. The van der Waals surface area contributed by atoms with Crippen LogP contribution in [0.25, 0.3) is 0 Å². The lowest BCUT2D eigenvalue weighted by Gasteiger charge is -2.42. The highest BCUT2D eigenvalue weighted by Gasteiger charge is 2.31. The minimum Gasteiger partial charge on any atom is -0.327 e. The first-order chi connectivity index (χ1) is 8.60. The molecule has 18 heavy (non-hydrogen) atoms. The lowest BCUT2D eigenvalue weighted by atomic mass is 9.76. The van der Waals surface area contributed by atoms with E-state index in [1.165, 1.54) is 51.6 Å². The van der Waals surface area contributed by atoms with E-state index in [4.69, 9.17) is 5.73 Å². The molecule has 2 fully saturated rings. The van der Waals surface area contributed by atoms with Gasteiger partial charge in [0.2, 0.25) is 0 Å². The molecule has 2 N–H and O–H groups in total. The SMILES string of the molecule is CCC1CCC(N)C(CN2CC(C)CCC2C)C1.